The van der Waals surface area contributed by atoms with Crippen molar-refractivity contribution in [1.82, 2.24) is 4.90 Å². The third kappa shape index (κ3) is 3.73. The highest BCUT2D eigenvalue weighted by molar-refractivity contribution is 6.31. The zero-order valence-electron chi connectivity index (χ0n) is 12.4. The van der Waals surface area contributed by atoms with E-state index in [4.69, 9.17) is 22.1 Å². The van der Waals surface area contributed by atoms with Gasteiger partial charge in [-0.2, -0.15) is 0 Å². The predicted octanol–water partition coefficient (Wildman–Crippen LogP) is 3.23. The van der Waals surface area contributed by atoms with Gasteiger partial charge in [-0.05, 0) is 37.9 Å². The number of hydrogen-bond donors (Lipinski definition) is 1. The first-order valence-corrected chi connectivity index (χ1v) is 7.87. The van der Waals surface area contributed by atoms with Crippen LogP contribution >= 0.6 is 11.6 Å². The number of halogens is 1. The molecule has 1 fully saturated rings. The van der Waals surface area contributed by atoms with E-state index in [1.54, 1.807) is 0 Å². The summed E-state index contributed by atoms with van der Waals surface area (Å²) in [6, 6.07) is 8.16. The molecule has 4 heteroatoms. The Bertz CT molecular complexity index is 419. The summed E-state index contributed by atoms with van der Waals surface area (Å²) >= 11 is 6.37. The lowest BCUT2D eigenvalue weighted by Crippen LogP contribution is -2.43. The van der Waals surface area contributed by atoms with Gasteiger partial charge in [0.25, 0.3) is 0 Å². The number of hydrogen-bond acceptors (Lipinski definition) is 3. The van der Waals surface area contributed by atoms with Gasteiger partial charge in [0.2, 0.25) is 0 Å². The summed E-state index contributed by atoms with van der Waals surface area (Å²) in [6.45, 7) is 6.97. The molecule has 0 bridgehead atoms. The van der Waals surface area contributed by atoms with Gasteiger partial charge in [0.05, 0.1) is 12.1 Å². The van der Waals surface area contributed by atoms with Crippen molar-refractivity contribution in [3.05, 3.63) is 34.9 Å². The van der Waals surface area contributed by atoms with Gasteiger partial charge in [0.1, 0.15) is 0 Å². The molecule has 0 amide bonds. The quantitative estimate of drug-likeness (QED) is 0.876. The molecule has 1 aliphatic rings. The summed E-state index contributed by atoms with van der Waals surface area (Å²) in [5, 5.41) is 0.792. The lowest BCUT2D eigenvalue weighted by atomic mass is 9.98. The standard InChI is InChI=1S/C16H25ClN2O/c1-3-19(11-13-7-6-10-20-13)16(12(2)18)14-8-4-5-9-15(14)17/h4-5,8-9,12-13,16H,3,6-7,10-11,18H2,1-2H3. The van der Waals surface area contributed by atoms with Gasteiger partial charge in [0, 0.05) is 24.2 Å². The van der Waals surface area contributed by atoms with Crippen LogP contribution in [0, 0.1) is 0 Å². The molecule has 2 N–H and O–H groups in total. The van der Waals surface area contributed by atoms with Crippen molar-refractivity contribution in [2.75, 3.05) is 19.7 Å². The fraction of sp³-hybridized carbons (Fsp3) is 0.625. The van der Waals surface area contributed by atoms with Crippen molar-refractivity contribution in [2.45, 2.75) is 44.9 Å². The number of nitrogens with zero attached hydrogens (tertiary/aromatic N) is 1. The average molecular weight is 297 g/mol. The molecule has 0 radical (unpaired) electrons. The Kier molecular flexibility index (Phi) is 5.85. The molecule has 3 unspecified atom stereocenters. The van der Waals surface area contributed by atoms with Crippen molar-refractivity contribution in [3.8, 4) is 0 Å². The summed E-state index contributed by atoms with van der Waals surface area (Å²) in [5.74, 6) is 0. The van der Waals surface area contributed by atoms with Gasteiger partial charge in [-0.3, -0.25) is 4.90 Å². The van der Waals surface area contributed by atoms with E-state index in [-0.39, 0.29) is 12.1 Å². The maximum atomic E-state index is 6.37. The van der Waals surface area contributed by atoms with Gasteiger partial charge >= 0.3 is 0 Å². The average Bonchev–Trinajstić information content (AvgIpc) is 2.92. The molecule has 112 valence electrons. The van der Waals surface area contributed by atoms with Crippen LogP contribution in [0.5, 0.6) is 0 Å². The second-order valence-corrected chi connectivity index (χ2v) is 5.96. The molecule has 2 rings (SSSR count). The van der Waals surface area contributed by atoms with E-state index in [9.17, 15) is 0 Å². The minimum atomic E-state index is 0.0243. The van der Waals surface area contributed by atoms with E-state index in [0.29, 0.717) is 6.10 Å². The third-order valence-corrected chi connectivity index (χ3v) is 4.33. The minimum Gasteiger partial charge on any atom is -0.377 e. The van der Waals surface area contributed by atoms with Gasteiger partial charge in [-0.25, -0.2) is 0 Å². The van der Waals surface area contributed by atoms with Crippen LogP contribution in [0.3, 0.4) is 0 Å². The van der Waals surface area contributed by atoms with Crippen molar-refractivity contribution in [2.24, 2.45) is 5.73 Å². The fourth-order valence-electron chi connectivity index (χ4n) is 3.02. The van der Waals surface area contributed by atoms with E-state index >= 15 is 0 Å². The summed E-state index contributed by atoms with van der Waals surface area (Å²) in [4.78, 5) is 2.39. The lowest BCUT2D eigenvalue weighted by Gasteiger charge is -2.35. The smallest absolute Gasteiger partial charge is 0.0703 e. The van der Waals surface area contributed by atoms with Crippen LogP contribution < -0.4 is 5.73 Å². The van der Waals surface area contributed by atoms with Crippen molar-refractivity contribution in [1.29, 1.82) is 0 Å². The molecule has 0 aliphatic carbocycles. The largest absolute Gasteiger partial charge is 0.377 e. The zero-order chi connectivity index (χ0) is 14.5. The van der Waals surface area contributed by atoms with Crippen LogP contribution in [-0.4, -0.2) is 36.7 Å². The molecule has 0 saturated carbocycles. The first-order chi connectivity index (χ1) is 9.63. The molecular formula is C16H25ClN2O. The normalized spacial score (nSPS) is 22.1. The van der Waals surface area contributed by atoms with E-state index in [0.717, 1.165) is 43.1 Å². The molecule has 20 heavy (non-hydrogen) atoms. The predicted molar refractivity (Wildman–Crippen MR) is 84.1 cm³/mol. The highest BCUT2D eigenvalue weighted by atomic mass is 35.5. The van der Waals surface area contributed by atoms with Crippen molar-refractivity contribution >= 4 is 11.6 Å². The van der Waals surface area contributed by atoms with Crippen LogP contribution in [0.25, 0.3) is 0 Å². The maximum Gasteiger partial charge on any atom is 0.0703 e. The second kappa shape index (κ2) is 7.41. The molecule has 0 aromatic heterocycles. The maximum absolute atomic E-state index is 6.37. The first-order valence-electron chi connectivity index (χ1n) is 7.49. The van der Waals surface area contributed by atoms with Crippen molar-refractivity contribution < 1.29 is 4.74 Å². The number of nitrogens with two attached hydrogens (primary N) is 1. The van der Waals surface area contributed by atoms with Crippen LogP contribution in [0.15, 0.2) is 24.3 Å². The van der Waals surface area contributed by atoms with E-state index in [1.807, 2.05) is 25.1 Å². The van der Waals surface area contributed by atoms with Gasteiger partial charge < -0.3 is 10.5 Å². The molecule has 3 atom stereocenters. The topological polar surface area (TPSA) is 38.5 Å². The first kappa shape index (κ1) is 15.8. The molecule has 1 saturated heterocycles. The number of rotatable bonds is 6. The van der Waals surface area contributed by atoms with Gasteiger partial charge in [-0.15, -0.1) is 0 Å². The molecule has 0 spiro atoms. The molecular weight excluding hydrogens is 272 g/mol. The highest BCUT2D eigenvalue weighted by Gasteiger charge is 2.28. The zero-order valence-corrected chi connectivity index (χ0v) is 13.1. The van der Waals surface area contributed by atoms with E-state index in [2.05, 4.69) is 17.9 Å². The number of benzene rings is 1. The highest BCUT2D eigenvalue weighted by Crippen LogP contribution is 2.30. The molecule has 1 heterocycles. The minimum absolute atomic E-state index is 0.0243. The van der Waals surface area contributed by atoms with Crippen LogP contribution in [-0.2, 0) is 4.74 Å². The Labute approximate surface area is 127 Å². The van der Waals surface area contributed by atoms with Crippen LogP contribution in [0.4, 0.5) is 0 Å². The van der Waals surface area contributed by atoms with Crippen LogP contribution in [0.1, 0.15) is 38.3 Å². The molecule has 3 nitrogen and oxygen atoms in total. The molecule has 1 aromatic rings. The monoisotopic (exact) mass is 296 g/mol. The Hall–Kier alpha value is -0.610. The number of likely N-dealkylation sites (N-methyl/N-ethyl adjacent to an activating group) is 1. The van der Waals surface area contributed by atoms with E-state index < -0.39 is 0 Å². The summed E-state index contributed by atoms with van der Waals surface area (Å²) in [7, 11) is 0. The Morgan fingerprint density at radius 2 is 2.20 bits per heavy atom. The second-order valence-electron chi connectivity index (χ2n) is 5.55. The van der Waals surface area contributed by atoms with Gasteiger partial charge in [-0.1, -0.05) is 36.7 Å². The molecule has 1 aromatic carbocycles. The SMILES string of the molecule is CCN(CC1CCCO1)C(c1ccccc1Cl)C(C)N. The van der Waals surface area contributed by atoms with Crippen LogP contribution in [0.2, 0.25) is 5.02 Å². The Morgan fingerprint density at radius 1 is 1.45 bits per heavy atom. The fourth-order valence-corrected chi connectivity index (χ4v) is 3.26. The molecule has 1 aliphatic heterocycles. The van der Waals surface area contributed by atoms with Gasteiger partial charge in [0.15, 0.2) is 0 Å². The summed E-state index contributed by atoms with van der Waals surface area (Å²) < 4.78 is 5.77. The van der Waals surface area contributed by atoms with E-state index in [1.165, 1.54) is 0 Å². The number of ether oxygens (including phenoxy) is 1. The Morgan fingerprint density at radius 3 is 2.75 bits per heavy atom. The third-order valence-electron chi connectivity index (χ3n) is 3.98. The van der Waals surface area contributed by atoms with Crippen molar-refractivity contribution in [3.63, 3.8) is 0 Å². The summed E-state index contributed by atoms with van der Waals surface area (Å²) in [6.07, 6.45) is 2.64. The lowest BCUT2D eigenvalue weighted by molar-refractivity contribution is 0.0547. The Balaban J connectivity index is 2.19. The summed E-state index contributed by atoms with van der Waals surface area (Å²) in [5.41, 5.74) is 7.36.